The van der Waals surface area contributed by atoms with Crippen LogP contribution in [-0.4, -0.2) is 34.9 Å². The molecule has 0 spiro atoms. The fourth-order valence-corrected chi connectivity index (χ4v) is 3.02. The van der Waals surface area contributed by atoms with Gasteiger partial charge in [0.2, 0.25) is 5.03 Å². The van der Waals surface area contributed by atoms with Crippen LogP contribution in [0.25, 0.3) is 0 Å². The summed E-state index contributed by atoms with van der Waals surface area (Å²) in [5.41, 5.74) is 1.78. The quantitative estimate of drug-likeness (QED) is 0.714. The first-order valence-electron chi connectivity index (χ1n) is 6.20. The number of aromatic amines is 1. The van der Waals surface area contributed by atoms with Gasteiger partial charge in [0, 0.05) is 31.0 Å². The van der Waals surface area contributed by atoms with Crippen molar-refractivity contribution in [2.75, 3.05) is 11.3 Å². The maximum absolute atomic E-state index is 12.3. The fourth-order valence-electron chi connectivity index (χ4n) is 1.79. The highest BCUT2D eigenvalue weighted by atomic mass is 32.2. The molecule has 2 aromatic rings. The van der Waals surface area contributed by atoms with Crippen molar-refractivity contribution in [3.8, 4) is 0 Å². The van der Waals surface area contributed by atoms with E-state index in [1.807, 2.05) is 6.92 Å². The summed E-state index contributed by atoms with van der Waals surface area (Å²) in [6, 6.07) is 0. The Hall–Kier alpha value is -1.87. The van der Waals surface area contributed by atoms with Gasteiger partial charge in [-0.2, -0.15) is 18.6 Å². The fraction of sp³-hybridized carbons (Fsp3) is 0.455. The summed E-state index contributed by atoms with van der Waals surface area (Å²) in [4.78, 5) is 0. The van der Waals surface area contributed by atoms with Crippen LogP contribution in [-0.2, 0) is 23.6 Å². The molecule has 0 atom stereocenters. The maximum atomic E-state index is 12.3. The van der Waals surface area contributed by atoms with Gasteiger partial charge in [-0.05, 0) is 13.5 Å². The van der Waals surface area contributed by atoms with Gasteiger partial charge >= 0.3 is 0 Å². The number of aryl methyl sites for hydroxylation is 2. The summed E-state index contributed by atoms with van der Waals surface area (Å²) < 4.78 is 28.7. The van der Waals surface area contributed by atoms with Crippen molar-refractivity contribution in [1.29, 1.82) is 0 Å². The Balaban J connectivity index is 2.29. The highest BCUT2D eigenvalue weighted by Gasteiger charge is 2.24. The minimum Gasteiger partial charge on any atom is -0.313 e. The van der Waals surface area contributed by atoms with Crippen molar-refractivity contribution in [3.63, 3.8) is 0 Å². The number of nitrogens with zero attached hydrogens (tertiary/aromatic N) is 3. The van der Waals surface area contributed by atoms with E-state index in [0.29, 0.717) is 17.8 Å². The Bertz CT molecular complexity index is 688. The number of anilines is 1. The third-order valence-corrected chi connectivity index (χ3v) is 4.15. The molecule has 0 aromatic carbocycles. The van der Waals surface area contributed by atoms with E-state index in [2.05, 4.69) is 25.3 Å². The average molecular weight is 298 g/mol. The monoisotopic (exact) mass is 298 g/mol. The summed E-state index contributed by atoms with van der Waals surface area (Å²) in [7, 11) is -2.01. The average Bonchev–Trinajstić information content (AvgIpc) is 2.93. The van der Waals surface area contributed by atoms with Crippen LogP contribution in [0, 0.1) is 6.92 Å². The molecule has 0 aliphatic carbocycles. The van der Waals surface area contributed by atoms with E-state index in [0.717, 1.165) is 12.2 Å². The number of hydrogen-bond acceptors (Lipinski definition) is 5. The Morgan fingerprint density at radius 1 is 1.45 bits per heavy atom. The number of rotatable bonds is 6. The minimum atomic E-state index is -3.73. The SMILES string of the molecule is CCNCc1c(S(=O)(=O)Nc2cnn(C)c2)n[nH]c1C. The minimum absolute atomic E-state index is 0.0137. The lowest BCUT2D eigenvalue weighted by Crippen LogP contribution is -2.18. The lowest BCUT2D eigenvalue weighted by atomic mass is 10.2. The highest BCUT2D eigenvalue weighted by Crippen LogP contribution is 2.19. The van der Waals surface area contributed by atoms with Crippen LogP contribution >= 0.6 is 0 Å². The molecule has 2 rings (SSSR count). The first kappa shape index (κ1) is 14.5. The lowest BCUT2D eigenvalue weighted by molar-refractivity contribution is 0.594. The third kappa shape index (κ3) is 2.99. The Labute approximate surface area is 117 Å². The van der Waals surface area contributed by atoms with E-state index in [-0.39, 0.29) is 5.03 Å². The van der Waals surface area contributed by atoms with Gasteiger partial charge in [0.05, 0.1) is 11.9 Å². The second-order valence-electron chi connectivity index (χ2n) is 4.42. The molecule has 20 heavy (non-hydrogen) atoms. The van der Waals surface area contributed by atoms with E-state index in [1.54, 1.807) is 20.2 Å². The van der Waals surface area contributed by atoms with Crippen molar-refractivity contribution in [3.05, 3.63) is 23.7 Å². The first-order valence-corrected chi connectivity index (χ1v) is 7.68. The Kier molecular flexibility index (Phi) is 4.09. The van der Waals surface area contributed by atoms with Gasteiger partial charge in [-0.3, -0.25) is 14.5 Å². The molecule has 8 nitrogen and oxygen atoms in total. The molecule has 9 heteroatoms. The van der Waals surface area contributed by atoms with Crippen LogP contribution in [0.4, 0.5) is 5.69 Å². The molecule has 0 radical (unpaired) electrons. The van der Waals surface area contributed by atoms with Crippen molar-refractivity contribution >= 4 is 15.7 Å². The molecule has 2 heterocycles. The molecule has 0 saturated carbocycles. The molecule has 110 valence electrons. The summed E-state index contributed by atoms with van der Waals surface area (Å²) >= 11 is 0. The Morgan fingerprint density at radius 3 is 2.80 bits per heavy atom. The van der Waals surface area contributed by atoms with Crippen LogP contribution in [0.1, 0.15) is 18.2 Å². The van der Waals surface area contributed by atoms with Gasteiger partial charge in [-0.1, -0.05) is 6.92 Å². The number of aromatic nitrogens is 4. The molecule has 0 bridgehead atoms. The molecular weight excluding hydrogens is 280 g/mol. The van der Waals surface area contributed by atoms with Crippen molar-refractivity contribution in [1.82, 2.24) is 25.3 Å². The summed E-state index contributed by atoms with van der Waals surface area (Å²) in [6.07, 6.45) is 3.03. The molecular formula is C11H18N6O2S. The van der Waals surface area contributed by atoms with E-state index < -0.39 is 10.0 Å². The number of nitrogens with one attached hydrogen (secondary N) is 3. The normalized spacial score (nSPS) is 11.8. The van der Waals surface area contributed by atoms with Crippen LogP contribution in [0.15, 0.2) is 17.4 Å². The van der Waals surface area contributed by atoms with Crippen LogP contribution in [0.2, 0.25) is 0 Å². The van der Waals surface area contributed by atoms with Crippen molar-refractivity contribution in [2.24, 2.45) is 7.05 Å². The van der Waals surface area contributed by atoms with Gasteiger partial charge in [0.25, 0.3) is 10.0 Å². The zero-order chi connectivity index (χ0) is 14.8. The molecule has 0 aliphatic rings. The molecule has 3 N–H and O–H groups in total. The number of hydrogen-bond donors (Lipinski definition) is 3. The second kappa shape index (κ2) is 5.63. The Morgan fingerprint density at radius 2 is 2.20 bits per heavy atom. The molecule has 0 aliphatic heterocycles. The smallest absolute Gasteiger partial charge is 0.281 e. The number of H-pyrrole nitrogens is 1. The van der Waals surface area contributed by atoms with Gasteiger partial charge in [-0.25, -0.2) is 0 Å². The van der Waals surface area contributed by atoms with Crippen LogP contribution in [0.3, 0.4) is 0 Å². The van der Waals surface area contributed by atoms with Crippen LogP contribution < -0.4 is 10.0 Å². The molecule has 0 amide bonds. The molecule has 0 fully saturated rings. The standard InChI is InChI=1S/C11H18N6O2S/c1-4-12-6-10-8(2)14-15-11(10)20(18,19)16-9-5-13-17(3)7-9/h5,7,12,16H,4,6H2,1-3H3,(H,14,15). The zero-order valence-electron chi connectivity index (χ0n) is 11.6. The predicted octanol–water partition coefficient (Wildman–Crippen LogP) is 0.362. The maximum Gasteiger partial charge on any atom is 0.281 e. The highest BCUT2D eigenvalue weighted by molar-refractivity contribution is 7.92. The second-order valence-corrected chi connectivity index (χ2v) is 6.02. The van der Waals surface area contributed by atoms with E-state index in [4.69, 9.17) is 0 Å². The van der Waals surface area contributed by atoms with Crippen molar-refractivity contribution < 1.29 is 8.42 Å². The summed E-state index contributed by atoms with van der Waals surface area (Å²) in [6.45, 7) is 4.95. The van der Waals surface area contributed by atoms with Gasteiger partial charge in [-0.15, -0.1) is 0 Å². The van der Waals surface area contributed by atoms with Crippen molar-refractivity contribution in [2.45, 2.75) is 25.4 Å². The van der Waals surface area contributed by atoms with Crippen LogP contribution in [0.5, 0.6) is 0 Å². The summed E-state index contributed by atoms with van der Waals surface area (Å²) in [5.74, 6) is 0. The molecule has 2 aromatic heterocycles. The largest absolute Gasteiger partial charge is 0.313 e. The van der Waals surface area contributed by atoms with Gasteiger partial charge in [0.15, 0.2) is 0 Å². The third-order valence-electron chi connectivity index (χ3n) is 2.80. The summed E-state index contributed by atoms with van der Waals surface area (Å²) in [5, 5.41) is 13.7. The van der Waals surface area contributed by atoms with E-state index >= 15 is 0 Å². The van der Waals surface area contributed by atoms with Gasteiger partial charge < -0.3 is 5.32 Å². The first-order chi connectivity index (χ1) is 9.44. The zero-order valence-corrected chi connectivity index (χ0v) is 12.5. The van der Waals surface area contributed by atoms with E-state index in [9.17, 15) is 8.42 Å². The van der Waals surface area contributed by atoms with E-state index in [1.165, 1.54) is 10.9 Å². The predicted molar refractivity (Wildman–Crippen MR) is 74.7 cm³/mol. The van der Waals surface area contributed by atoms with Gasteiger partial charge in [0.1, 0.15) is 0 Å². The molecule has 0 unspecified atom stereocenters. The topological polar surface area (TPSA) is 105 Å². The molecule has 0 saturated heterocycles. The lowest BCUT2D eigenvalue weighted by Gasteiger charge is -2.06. The number of sulfonamides is 1.